The quantitative estimate of drug-likeness (QED) is 0.581. The Morgan fingerprint density at radius 3 is 3.00 bits per heavy atom. The van der Waals surface area contributed by atoms with Gasteiger partial charge in [-0.2, -0.15) is 0 Å². The Bertz CT molecular complexity index is 382. The van der Waals surface area contributed by atoms with Crippen molar-refractivity contribution < 1.29 is 4.74 Å². The van der Waals surface area contributed by atoms with E-state index in [-0.39, 0.29) is 0 Å². The van der Waals surface area contributed by atoms with Crippen molar-refractivity contribution in [3.05, 3.63) is 28.8 Å². The van der Waals surface area contributed by atoms with Gasteiger partial charge in [0.15, 0.2) is 0 Å². The molecule has 4 heteroatoms. The second-order valence-electron chi connectivity index (χ2n) is 4.60. The molecule has 0 heterocycles. The molecule has 0 saturated heterocycles. The molecule has 0 aliphatic heterocycles. The first-order valence-corrected chi connectivity index (χ1v) is 7.79. The summed E-state index contributed by atoms with van der Waals surface area (Å²) in [5.41, 5.74) is 1.32. The van der Waals surface area contributed by atoms with Gasteiger partial charge in [0.1, 0.15) is 0 Å². The minimum atomic E-state index is 0.732. The van der Waals surface area contributed by atoms with Crippen LogP contribution in [0.5, 0.6) is 0 Å². The minimum absolute atomic E-state index is 0.732. The highest BCUT2D eigenvalue weighted by Crippen LogP contribution is 2.27. The van der Waals surface area contributed by atoms with E-state index < -0.39 is 0 Å². The lowest BCUT2D eigenvalue weighted by atomic mass is 10.2. The molecule has 100 valence electrons. The Morgan fingerprint density at radius 2 is 2.28 bits per heavy atom. The van der Waals surface area contributed by atoms with E-state index in [0.717, 1.165) is 36.4 Å². The van der Waals surface area contributed by atoms with Gasteiger partial charge in [-0.1, -0.05) is 11.6 Å². The smallest absolute Gasteiger partial charge is 0.0470 e. The summed E-state index contributed by atoms with van der Waals surface area (Å²) in [5, 5.41) is 4.37. The highest BCUT2D eigenvalue weighted by atomic mass is 35.5. The summed E-state index contributed by atoms with van der Waals surface area (Å²) in [6.45, 7) is 1.76. The average molecular weight is 286 g/mol. The molecule has 2 rings (SSSR count). The van der Waals surface area contributed by atoms with Crippen LogP contribution in [0.25, 0.3) is 0 Å². The van der Waals surface area contributed by atoms with Crippen molar-refractivity contribution in [3.8, 4) is 0 Å². The normalized spacial score (nSPS) is 15.0. The number of thioether (sulfide) groups is 1. The second kappa shape index (κ2) is 7.39. The number of hydrogen-bond acceptors (Lipinski definition) is 3. The first kappa shape index (κ1) is 14.2. The van der Waals surface area contributed by atoms with Crippen LogP contribution in [0.15, 0.2) is 23.1 Å². The van der Waals surface area contributed by atoms with Crippen LogP contribution in [0.4, 0.5) is 0 Å². The molecule has 1 aliphatic carbocycles. The van der Waals surface area contributed by atoms with Crippen molar-refractivity contribution in [2.45, 2.75) is 36.7 Å². The Hall–Kier alpha value is -0.220. The fourth-order valence-electron chi connectivity index (χ4n) is 1.75. The van der Waals surface area contributed by atoms with Crippen molar-refractivity contribution in [2.24, 2.45) is 0 Å². The van der Waals surface area contributed by atoms with Crippen LogP contribution in [0, 0.1) is 0 Å². The Morgan fingerprint density at radius 1 is 1.44 bits per heavy atom. The first-order chi connectivity index (χ1) is 8.79. The maximum Gasteiger partial charge on any atom is 0.0470 e. The topological polar surface area (TPSA) is 21.3 Å². The Labute approximate surface area is 118 Å². The van der Waals surface area contributed by atoms with Crippen LogP contribution in [0.3, 0.4) is 0 Å². The van der Waals surface area contributed by atoms with Gasteiger partial charge in [0, 0.05) is 42.0 Å². The van der Waals surface area contributed by atoms with E-state index in [9.17, 15) is 0 Å². The zero-order valence-electron chi connectivity index (χ0n) is 10.7. The van der Waals surface area contributed by atoms with Crippen LogP contribution in [-0.2, 0) is 11.3 Å². The SMILES string of the molecule is COCCCSc1ccc(Cl)cc1CNC1CC1. The van der Waals surface area contributed by atoms with Gasteiger partial charge in [-0.3, -0.25) is 0 Å². The standard InChI is InChI=1S/C14H20ClNOS/c1-17-7-2-8-18-14-6-3-12(15)9-11(14)10-16-13-4-5-13/h3,6,9,13,16H,2,4-5,7-8,10H2,1H3. The Balaban J connectivity index is 1.88. The monoisotopic (exact) mass is 285 g/mol. The molecule has 0 radical (unpaired) electrons. The fourth-order valence-corrected chi connectivity index (χ4v) is 2.91. The van der Waals surface area contributed by atoms with Crippen molar-refractivity contribution in [3.63, 3.8) is 0 Å². The van der Waals surface area contributed by atoms with Gasteiger partial charge in [-0.25, -0.2) is 0 Å². The van der Waals surface area contributed by atoms with Crippen molar-refractivity contribution in [1.82, 2.24) is 5.32 Å². The molecule has 0 bridgehead atoms. The molecule has 0 unspecified atom stereocenters. The first-order valence-electron chi connectivity index (χ1n) is 6.43. The molecule has 2 nitrogen and oxygen atoms in total. The van der Waals surface area contributed by atoms with Gasteiger partial charge >= 0.3 is 0 Å². The molecule has 1 aromatic rings. The molecule has 0 spiro atoms. The largest absolute Gasteiger partial charge is 0.385 e. The van der Waals surface area contributed by atoms with Crippen LogP contribution < -0.4 is 5.32 Å². The number of rotatable bonds is 8. The van der Waals surface area contributed by atoms with E-state index in [2.05, 4.69) is 17.4 Å². The number of nitrogens with one attached hydrogen (secondary N) is 1. The molecule has 18 heavy (non-hydrogen) atoms. The van der Waals surface area contributed by atoms with E-state index in [1.165, 1.54) is 23.3 Å². The van der Waals surface area contributed by atoms with Crippen molar-refractivity contribution in [1.29, 1.82) is 0 Å². The average Bonchev–Trinajstić information content (AvgIpc) is 3.18. The van der Waals surface area contributed by atoms with Gasteiger partial charge < -0.3 is 10.1 Å². The summed E-state index contributed by atoms with van der Waals surface area (Å²) in [6.07, 6.45) is 3.72. The third-order valence-electron chi connectivity index (χ3n) is 2.93. The lowest BCUT2D eigenvalue weighted by Gasteiger charge is -2.10. The van der Waals surface area contributed by atoms with Gasteiger partial charge in [0.05, 0.1) is 0 Å². The van der Waals surface area contributed by atoms with Gasteiger partial charge in [0.2, 0.25) is 0 Å². The maximum absolute atomic E-state index is 6.07. The summed E-state index contributed by atoms with van der Waals surface area (Å²) >= 11 is 7.96. The van der Waals surface area contributed by atoms with Crippen molar-refractivity contribution in [2.75, 3.05) is 19.5 Å². The lowest BCUT2D eigenvalue weighted by molar-refractivity contribution is 0.200. The molecule has 1 N–H and O–H groups in total. The van der Waals surface area contributed by atoms with Gasteiger partial charge in [-0.05, 0) is 43.0 Å². The third-order valence-corrected chi connectivity index (χ3v) is 4.37. The zero-order valence-corrected chi connectivity index (χ0v) is 12.3. The summed E-state index contributed by atoms with van der Waals surface area (Å²) in [6, 6.07) is 6.91. The molecule has 0 amide bonds. The summed E-state index contributed by atoms with van der Waals surface area (Å²) < 4.78 is 5.07. The van der Waals surface area contributed by atoms with Crippen LogP contribution in [-0.4, -0.2) is 25.5 Å². The van der Waals surface area contributed by atoms with Gasteiger partial charge in [-0.15, -0.1) is 11.8 Å². The lowest BCUT2D eigenvalue weighted by Crippen LogP contribution is -2.15. The predicted molar refractivity (Wildman–Crippen MR) is 78.5 cm³/mol. The van der Waals surface area contributed by atoms with E-state index in [4.69, 9.17) is 16.3 Å². The maximum atomic E-state index is 6.07. The number of halogens is 1. The molecule has 1 aliphatic rings. The molecular formula is C14H20ClNOS. The van der Waals surface area contributed by atoms with Crippen molar-refractivity contribution >= 4 is 23.4 Å². The molecule has 0 atom stereocenters. The van der Waals surface area contributed by atoms with Crippen LogP contribution >= 0.6 is 23.4 Å². The number of methoxy groups -OCH3 is 1. The molecule has 1 fully saturated rings. The van der Waals surface area contributed by atoms with E-state index in [1.54, 1.807) is 7.11 Å². The second-order valence-corrected chi connectivity index (χ2v) is 6.18. The molecule has 1 saturated carbocycles. The van der Waals surface area contributed by atoms with E-state index in [0.29, 0.717) is 0 Å². The summed E-state index contributed by atoms with van der Waals surface area (Å²) in [7, 11) is 1.75. The zero-order chi connectivity index (χ0) is 12.8. The fraction of sp³-hybridized carbons (Fsp3) is 0.571. The summed E-state index contributed by atoms with van der Waals surface area (Å²) in [5.74, 6) is 1.09. The third kappa shape index (κ3) is 4.81. The molecule has 0 aromatic heterocycles. The molecular weight excluding hydrogens is 266 g/mol. The minimum Gasteiger partial charge on any atom is -0.385 e. The Kier molecular flexibility index (Phi) is 5.83. The van der Waals surface area contributed by atoms with E-state index >= 15 is 0 Å². The van der Waals surface area contributed by atoms with Crippen LogP contribution in [0.1, 0.15) is 24.8 Å². The summed E-state index contributed by atoms with van der Waals surface area (Å²) in [4.78, 5) is 1.34. The number of benzene rings is 1. The van der Waals surface area contributed by atoms with Gasteiger partial charge in [0.25, 0.3) is 0 Å². The van der Waals surface area contributed by atoms with Crippen LogP contribution in [0.2, 0.25) is 5.02 Å². The highest BCUT2D eigenvalue weighted by molar-refractivity contribution is 7.99. The predicted octanol–water partition coefficient (Wildman–Crippen LogP) is 3.72. The van der Waals surface area contributed by atoms with E-state index in [1.807, 2.05) is 17.8 Å². The number of hydrogen-bond donors (Lipinski definition) is 1. The highest BCUT2D eigenvalue weighted by Gasteiger charge is 2.20. The number of ether oxygens (including phenoxy) is 1. The molecule has 1 aromatic carbocycles.